The van der Waals surface area contributed by atoms with Crippen molar-refractivity contribution < 1.29 is 28.6 Å². The maximum Gasteiger partial charge on any atom is 0.338 e. The van der Waals surface area contributed by atoms with Gasteiger partial charge in [-0.3, -0.25) is 9.36 Å². The fraction of sp³-hybridized carbons (Fsp3) is 0.200. The molecular formula is C30H26N2O7S. The number of fused-ring (bicyclic) bond motifs is 1. The first-order valence-corrected chi connectivity index (χ1v) is 13.3. The Balaban J connectivity index is 1.65. The molecule has 1 N–H and O–H groups in total. The molecule has 9 nitrogen and oxygen atoms in total. The largest absolute Gasteiger partial charge is 0.496 e. The van der Waals surface area contributed by atoms with Crippen molar-refractivity contribution in [2.45, 2.75) is 26.8 Å². The van der Waals surface area contributed by atoms with Gasteiger partial charge < -0.3 is 19.0 Å². The summed E-state index contributed by atoms with van der Waals surface area (Å²) in [5, 5.41) is 9.37. The van der Waals surface area contributed by atoms with Crippen LogP contribution in [0.2, 0.25) is 0 Å². The van der Waals surface area contributed by atoms with Crippen LogP contribution in [0.15, 0.2) is 80.1 Å². The maximum atomic E-state index is 13.8. The molecule has 0 spiro atoms. The van der Waals surface area contributed by atoms with Crippen molar-refractivity contribution in [3.8, 4) is 17.1 Å². The first kappa shape index (κ1) is 26.9. The van der Waals surface area contributed by atoms with E-state index < -0.39 is 18.0 Å². The lowest BCUT2D eigenvalue weighted by atomic mass is 9.95. The van der Waals surface area contributed by atoms with Crippen LogP contribution in [0.1, 0.15) is 47.1 Å². The van der Waals surface area contributed by atoms with Crippen molar-refractivity contribution in [2.75, 3.05) is 13.7 Å². The van der Waals surface area contributed by atoms with Crippen LogP contribution >= 0.6 is 11.3 Å². The molecule has 4 aromatic rings. The van der Waals surface area contributed by atoms with Gasteiger partial charge in [-0.1, -0.05) is 35.6 Å². The van der Waals surface area contributed by atoms with Gasteiger partial charge in [0.25, 0.3) is 5.56 Å². The molecule has 0 bridgehead atoms. The van der Waals surface area contributed by atoms with E-state index in [1.807, 2.05) is 25.1 Å². The van der Waals surface area contributed by atoms with Crippen LogP contribution in [-0.4, -0.2) is 35.3 Å². The van der Waals surface area contributed by atoms with Crippen molar-refractivity contribution in [2.24, 2.45) is 4.99 Å². The van der Waals surface area contributed by atoms with E-state index in [-0.39, 0.29) is 23.3 Å². The Morgan fingerprint density at radius 3 is 2.65 bits per heavy atom. The van der Waals surface area contributed by atoms with E-state index in [9.17, 15) is 19.5 Å². The second-order valence-corrected chi connectivity index (χ2v) is 10.1. The molecule has 1 atom stereocenters. The zero-order valence-electron chi connectivity index (χ0n) is 22.3. The third-order valence-corrected chi connectivity index (χ3v) is 7.58. The van der Waals surface area contributed by atoms with Gasteiger partial charge in [0.1, 0.15) is 23.3 Å². The second-order valence-electron chi connectivity index (χ2n) is 9.08. The third-order valence-electron chi connectivity index (χ3n) is 6.60. The molecule has 1 aliphatic heterocycles. The minimum atomic E-state index is -1.03. The van der Waals surface area contributed by atoms with Crippen LogP contribution in [0.3, 0.4) is 0 Å². The Hall–Kier alpha value is -4.70. The summed E-state index contributed by atoms with van der Waals surface area (Å²) in [5.41, 5.74) is 2.64. The fourth-order valence-electron chi connectivity index (χ4n) is 4.70. The Morgan fingerprint density at radius 2 is 1.93 bits per heavy atom. The summed E-state index contributed by atoms with van der Waals surface area (Å²) in [6.07, 6.45) is 1.62. The van der Waals surface area contributed by atoms with Gasteiger partial charge in [0.05, 0.1) is 35.1 Å². The number of aryl methyl sites for hydroxylation is 1. The van der Waals surface area contributed by atoms with Crippen LogP contribution in [0.25, 0.3) is 17.4 Å². The first-order valence-electron chi connectivity index (χ1n) is 12.5. The average molecular weight is 559 g/mol. The number of thiazole rings is 1. The van der Waals surface area contributed by atoms with E-state index in [1.165, 1.54) is 29.1 Å². The molecule has 10 heteroatoms. The van der Waals surface area contributed by atoms with Crippen molar-refractivity contribution >= 4 is 29.4 Å². The van der Waals surface area contributed by atoms with E-state index in [1.54, 1.807) is 50.3 Å². The summed E-state index contributed by atoms with van der Waals surface area (Å²) >= 11 is 1.18. The third kappa shape index (κ3) is 4.77. The van der Waals surface area contributed by atoms with Crippen molar-refractivity contribution in [1.29, 1.82) is 0 Å². The molecular weight excluding hydrogens is 532 g/mol. The van der Waals surface area contributed by atoms with Gasteiger partial charge in [-0.25, -0.2) is 14.6 Å². The number of esters is 1. The number of aromatic carboxylic acids is 1. The molecule has 2 aromatic carbocycles. The highest BCUT2D eigenvalue weighted by Crippen LogP contribution is 2.35. The summed E-state index contributed by atoms with van der Waals surface area (Å²) in [4.78, 5) is 43.4. The van der Waals surface area contributed by atoms with Crippen LogP contribution in [0.5, 0.6) is 5.75 Å². The molecule has 0 saturated heterocycles. The van der Waals surface area contributed by atoms with E-state index in [0.717, 1.165) is 5.56 Å². The molecule has 204 valence electrons. The summed E-state index contributed by atoms with van der Waals surface area (Å²) < 4.78 is 18.8. The summed E-state index contributed by atoms with van der Waals surface area (Å²) in [7, 11) is 1.53. The minimum absolute atomic E-state index is 0.149. The fourth-order valence-corrected chi connectivity index (χ4v) is 5.73. The van der Waals surface area contributed by atoms with E-state index in [4.69, 9.17) is 13.9 Å². The topological polar surface area (TPSA) is 120 Å². The molecule has 0 saturated carbocycles. The van der Waals surface area contributed by atoms with Gasteiger partial charge in [0.15, 0.2) is 4.80 Å². The van der Waals surface area contributed by atoms with Crippen molar-refractivity contribution in [1.82, 2.24) is 4.57 Å². The molecule has 0 amide bonds. The number of furan rings is 1. The lowest BCUT2D eigenvalue weighted by molar-refractivity contribution is -0.139. The lowest BCUT2D eigenvalue weighted by Gasteiger charge is -2.25. The number of methoxy groups -OCH3 is 1. The van der Waals surface area contributed by atoms with Gasteiger partial charge in [0.2, 0.25) is 0 Å². The van der Waals surface area contributed by atoms with Crippen LogP contribution < -0.4 is 19.6 Å². The summed E-state index contributed by atoms with van der Waals surface area (Å²) in [6.45, 7) is 5.48. The lowest BCUT2D eigenvalue weighted by Crippen LogP contribution is -2.40. The highest BCUT2D eigenvalue weighted by Gasteiger charge is 2.35. The Kier molecular flexibility index (Phi) is 7.27. The van der Waals surface area contributed by atoms with E-state index in [0.29, 0.717) is 43.4 Å². The van der Waals surface area contributed by atoms with Gasteiger partial charge in [-0.05, 0) is 56.7 Å². The molecule has 5 rings (SSSR count). The number of carboxylic acid groups (broad SMARTS) is 1. The number of hydrogen-bond donors (Lipinski definition) is 1. The number of carbonyl (C=O) groups excluding carboxylic acids is 1. The standard InChI is InChI=1S/C30H26N2O7S/c1-5-38-29(36)25-17(3)31-30-32(26(25)20-8-6-7-9-22(20)37-4)27(33)24(40-30)15-19-12-13-23(39-19)21-14-18(28(34)35)11-10-16(21)2/h6-15,26H,5H2,1-4H3,(H,34,35)/b24-15-/t26-/m1/s1. The maximum absolute atomic E-state index is 13.8. The van der Waals surface area contributed by atoms with E-state index >= 15 is 0 Å². The second kappa shape index (κ2) is 10.8. The highest BCUT2D eigenvalue weighted by atomic mass is 32.1. The Labute approximate surface area is 232 Å². The monoisotopic (exact) mass is 558 g/mol. The number of hydrogen-bond acceptors (Lipinski definition) is 8. The van der Waals surface area contributed by atoms with Gasteiger partial charge in [0, 0.05) is 17.2 Å². The van der Waals surface area contributed by atoms with Crippen molar-refractivity contribution in [3.05, 3.63) is 108 Å². The average Bonchev–Trinajstić information content (AvgIpc) is 3.52. The summed E-state index contributed by atoms with van der Waals surface area (Å²) in [5.74, 6) is -0.171. The number of rotatable bonds is 7. The smallest absolute Gasteiger partial charge is 0.338 e. The predicted molar refractivity (Wildman–Crippen MR) is 149 cm³/mol. The molecule has 0 unspecified atom stereocenters. The van der Waals surface area contributed by atoms with Crippen LogP contribution in [0, 0.1) is 6.92 Å². The van der Waals surface area contributed by atoms with Crippen molar-refractivity contribution in [3.63, 3.8) is 0 Å². The van der Waals surface area contributed by atoms with Crippen LogP contribution in [-0.2, 0) is 9.53 Å². The molecule has 0 aliphatic carbocycles. The quantitative estimate of drug-likeness (QED) is 0.340. The molecule has 2 aromatic heterocycles. The Bertz CT molecular complexity index is 1860. The molecule has 0 fully saturated rings. The van der Waals surface area contributed by atoms with Gasteiger partial charge in [-0.15, -0.1) is 0 Å². The number of allylic oxidation sites excluding steroid dienone is 1. The number of nitrogens with zero attached hydrogens (tertiary/aromatic N) is 2. The predicted octanol–water partition coefficient (Wildman–Crippen LogP) is 4.07. The Morgan fingerprint density at radius 1 is 1.15 bits per heavy atom. The van der Waals surface area contributed by atoms with Gasteiger partial charge >= 0.3 is 11.9 Å². The number of ether oxygens (including phenoxy) is 2. The zero-order chi connectivity index (χ0) is 28.6. The number of benzene rings is 2. The number of para-hydroxylation sites is 1. The molecule has 40 heavy (non-hydrogen) atoms. The normalized spacial score (nSPS) is 15.0. The SMILES string of the molecule is CCOC(=O)C1=C(C)N=c2s/c(=C\c3ccc(-c4cc(C(=O)O)ccc4C)o3)c(=O)n2[C@@H]1c1ccccc1OC. The molecule has 3 heterocycles. The number of carbonyl (C=O) groups is 2. The highest BCUT2D eigenvalue weighted by molar-refractivity contribution is 7.07. The molecule has 0 radical (unpaired) electrons. The van der Waals surface area contributed by atoms with Gasteiger partial charge in [-0.2, -0.15) is 0 Å². The minimum Gasteiger partial charge on any atom is -0.496 e. The number of carboxylic acids is 1. The van der Waals surface area contributed by atoms with Crippen LogP contribution in [0.4, 0.5) is 0 Å². The molecule has 1 aliphatic rings. The zero-order valence-corrected chi connectivity index (χ0v) is 23.1. The number of aromatic nitrogens is 1. The first-order chi connectivity index (χ1) is 19.2. The summed E-state index contributed by atoms with van der Waals surface area (Å²) in [6, 6.07) is 14.7. The van der Waals surface area contributed by atoms with E-state index in [2.05, 4.69) is 4.99 Å².